The summed E-state index contributed by atoms with van der Waals surface area (Å²) in [4.78, 5) is 0. The SMILES string of the molecule is [B+2]c1cc(C(F)(F)F)ccc1Cl.[OH-].[OH-]. The molecule has 0 aliphatic heterocycles. The molecule has 0 heterocycles. The summed E-state index contributed by atoms with van der Waals surface area (Å²) in [5.41, 5.74) is -0.851. The predicted molar refractivity (Wildman–Crippen MR) is 45.7 cm³/mol. The standard InChI is InChI=1S/C7H3BClF3.2H2O/c8-5-3-4(7(10,11)12)1-2-6(5)9;;/h1-3H;2*1H2/q+2;;/p-2. The smallest absolute Gasteiger partial charge is 0.870 e. The number of benzene rings is 1. The molecule has 0 atom stereocenters. The summed E-state index contributed by atoms with van der Waals surface area (Å²) in [5.74, 6) is 0. The third-order valence-electron chi connectivity index (χ3n) is 1.32. The molecule has 0 aliphatic carbocycles. The third kappa shape index (κ3) is 3.57. The molecule has 0 spiro atoms. The zero-order valence-corrected chi connectivity index (χ0v) is 7.47. The maximum atomic E-state index is 12.0. The van der Waals surface area contributed by atoms with Crippen molar-refractivity contribution in [2.45, 2.75) is 6.18 Å². The Hall–Kier alpha value is -0.715. The van der Waals surface area contributed by atoms with Gasteiger partial charge in [-0.15, -0.1) is 0 Å². The van der Waals surface area contributed by atoms with Crippen LogP contribution in [0, 0.1) is 0 Å². The van der Waals surface area contributed by atoms with Crippen LogP contribution in [0.3, 0.4) is 0 Å². The van der Waals surface area contributed by atoms with E-state index in [2.05, 4.69) is 0 Å². The molecule has 14 heavy (non-hydrogen) atoms. The van der Waals surface area contributed by atoms with Crippen molar-refractivity contribution in [2.24, 2.45) is 0 Å². The van der Waals surface area contributed by atoms with Crippen molar-refractivity contribution in [1.29, 1.82) is 0 Å². The van der Waals surface area contributed by atoms with E-state index < -0.39 is 11.7 Å². The molecule has 76 valence electrons. The monoisotopic (exact) mass is 224 g/mol. The van der Waals surface area contributed by atoms with Crippen LogP contribution in [-0.2, 0) is 6.18 Å². The average Bonchev–Trinajstić information content (AvgIpc) is 1.92. The van der Waals surface area contributed by atoms with Crippen molar-refractivity contribution in [3.05, 3.63) is 28.8 Å². The molecule has 0 aromatic heterocycles. The van der Waals surface area contributed by atoms with E-state index >= 15 is 0 Å². The minimum Gasteiger partial charge on any atom is -0.870 e. The van der Waals surface area contributed by atoms with Crippen molar-refractivity contribution in [3.63, 3.8) is 0 Å². The molecular formula is C7H5BClF3O2. The van der Waals surface area contributed by atoms with Crippen LogP contribution < -0.4 is 5.46 Å². The van der Waals surface area contributed by atoms with Crippen LogP contribution in [0.1, 0.15) is 5.56 Å². The molecule has 0 aliphatic rings. The summed E-state index contributed by atoms with van der Waals surface area (Å²) in [6.45, 7) is 0. The first-order valence-electron chi connectivity index (χ1n) is 3.03. The summed E-state index contributed by atoms with van der Waals surface area (Å²) in [6.07, 6.45) is -4.36. The first-order chi connectivity index (χ1) is 5.41. The minimum absolute atomic E-state index is 0. The van der Waals surface area contributed by atoms with E-state index in [1.165, 1.54) is 0 Å². The first-order valence-corrected chi connectivity index (χ1v) is 3.41. The van der Waals surface area contributed by atoms with Gasteiger partial charge in [-0.1, -0.05) is 0 Å². The van der Waals surface area contributed by atoms with Gasteiger partial charge >= 0.3 is 73.0 Å². The molecule has 0 fully saturated rings. The number of rotatable bonds is 0. The second-order valence-electron chi connectivity index (χ2n) is 2.23. The van der Waals surface area contributed by atoms with Gasteiger partial charge in [-0.05, 0) is 0 Å². The zero-order valence-electron chi connectivity index (χ0n) is 6.72. The van der Waals surface area contributed by atoms with Gasteiger partial charge in [-0.2, -0.15) is 0 Å². The Morgan fingerprint density at radius 3 is 2.00 bits per heavy atom. The van der Waals surface area contributed by atoms with E-state index in [0.29, 0.717) is 0 Å². The van der Waals surface area contributed by atoms with E-state index in [4.69, 9.17) is 19.4 Å². The fourth-order valence-corrected chi connectivity index (χ4v) is 0.838. The first kappa shape index (κ1) is 15.7. The van der Waals surface area contributed by atoms with Gasteiger partial charge in [0, 0.05) is 0 Å². The largest absolute Gasteiger partial charge is 0.870 e. The molecule has 1 aromatic rings. The van der Waals surface area contributed by atoms with E-state index in [9.17, 15) is 13.2 Å². The fraction of sp³-hybridized carbons (Fsp3) is 0.143. The molecular weight excluding hydrogens is 219 g/mol. The van der Waals surface area contributed by atoms with E-state index in [1.54, 1.807) is 0 Å². The molecule has 0 amide bonds. The van der Waals surface area contributed by atoms with Gasteiger partial charge in [-0.25, -0.2) is 0 Å². The van der Waals surface area contributed by atoms with E-state index in [1.807, 2.05) is 0 Å². The molecule has 1 rings (SSSR count). The third-order valence-corrected chi connectivity index (χ3v) is 1.67. The van der Waals surface area contributed by atoms with E-state index in [0.717, 1.165) is 18.2 Å². The zero-order chi connectivity index (χ0) is 9.35. The maximum absolute atomic E-state index is 12.0. The summed E-state index contributed by atoms with van der Waals surface area (Å²) >= 11 is 5.44. The Morgan fingerprint density at radius 1 is 1.14 bits per heavy atom. The van der Waals surface area contributed by atoms with Gasteiger partial charge in [0.05, 0.1) is 0 Å². The number of halogens is 4. The van der Waals surface area contributed by atoms with Crippen LogP contribution in [0.2, 0.25) is 5.02 Å². The Kier molecular flexibility index (Phi) is 5.89. The number of hydrogen-bond donors (Lipinski definition) is 0. The molecule has 1 aromatic carbocycles. The molecule has 0 unspecified atom stereocenters. The molecule has 7 heteroatoms. The van der Waals surface area contributed by atoms with Crippen molar-refractivity contribution in [3.8, 4) is 0 Å². The topological polar surface area (TPSA) is 60.0 Å². The molecule has 0 radical (unpaired) electrons. The van der Waals surface area contributed by atoms with Crippen LogP contribution in [0.15, 0.2) is 18.2 Å². The number of hydrogen-bond acceptors (Lipinski definition) is 2. The van der Waals surface area contributed by atoms with Gasteiger partial charge in [0.25, 0.3) is 0 Å². The Labute approximate surface area is 84.7 Å². The van der Waals surface area contributed by atoms with Crippen LogP contribution in [-0.4, -0.2) is 18.8 Å². The summed E-state index contributed by atoms with van der Waals surface area (Å²) in [7, 11) is 5.19. The predicted octanol–water partition coefficient (Wildman–Crippen LogP) is 1.80. The van der Waals surface area contributed by atoms with Gasteiger partial charge in [-0.3, -0.25) is 0 Å². The molecule has 2 nitrogen and oxygen atoms in total. The van der Waals surface area contributed by atoms with Gasteiger partial charge in [0.15, 0.2) is 0 Å². The molecule has 2 N–H and O–H groups in total. The minimum atomic E-state index is -4.36. The van der Waals surface area contributed by atoms with Crippen LogP contribution in [0.5, 0.6) is 0 Å². The van der Waals surface area contributed by atoms with E-state index in [-0.39, 0.29) is 21.4 Å². The Balaban J connectivity index is 0. The average molecular weight is 224 g/mol. The fourth-order valence-electron chi connectivity index (χ4n) is 0.720. The molecule has 0 bridgehead atoms. The van der Waals surface area contributed by atoms with Crippen molar-refractivity contribution >= 4 is 24.9 Å². The Morgan fingerprint density at radius 2 is 1.64 bits per heavy atom. The van der Waals surface area contributed by atoms with Gasteiger partial charge in [0.2, 0.25) is 0 Å². The van der Waals surface area contributed by atoms with Crippen LogP contribution in [0.4, 0.5) is 13.2 Å². The van der Waals surface area contributed by atoms with Crippen LogP contribution in [0.25, 0.3) is 0 Å². The second-order valence-corrected chi connectivity index (χ2v) is 2.64. The molecule has 0 saturated heterocycles. The quantitative estimate of drug-likeness (QED) is 0.631. The summed E-state index contributed by atoms with van der Waals surface area (Å²) in [6, 6.07) is 2.82. The van der Waals surface area contributed by atoms with Gasteiger partial charge < -0.3 is 11.0 Å². The molecule has 0 saturated carbocycles. The normalized spacial score (nSPS) is 10.1. The van der Waals surface area contributed by atoms with Gasteiger partial charge in [0.1, 0.15) is 0 Å². The van der Waals surface area contributed by atoms with Crippen LogP contribution >= 0.6 is 11.6 Å². The second kappa shape index (κ2) is 5.24. The van der Waals surface area contributed by atoms with Crippen molar-refractivity contribution < 1.29 is 24.1 Å². The number of alkyl halides is 3. The van der Waals surface area contributed by atoms with Crippen molar-refractivity contribution in [1.82, 2.24) is 0 Å². The maximum Gasteiger partial charge on any atom is -0.870 e. The summed E-state index contributed by atoms with van der Waals surface area (Å²) < 4.78 is 36.0. The summed E-state index contributed by atoms with van der Waals surface area (Å²) in [5, 5.41) is 0.128. The van der Waals surface area contributed by atoms with Crippen molar-refractivity contribution in [2.75, 3.05) is 0 Å². The Bertz CT molecular complexity index is 303.